The number of aromatic nitrogens is 1. The van der Waals surface area contributed by atoms with Crippen molar-refractivity contribution in [2.45, 2.75) is 19.0 Å². The predicted octanol–water partition coefficient (Wildman–Crippen LogP) is 4.53. The summed E-state index contributed by atoms with van der Waals surface area (Å²) in [5.41, 5.74) is 3.62. The Labute approximate surface area is 140 Å². The van der Waals surface area contributed by atoms with Gasteiger partial charge in [-0.1, -0.05) is 54.6 Å². The van der Waals surface area contributed by atoms with Crippen LogP contribution in [-0.4, -0.2) is 22.2 Å². The van der Waals surface area contributed by atoms with Gasteiger partial charge in [-0.2, -0.15) is 0 Å². The molecule has 0 saturated carbocycles. The molecule has 1 aromatic heterocycles. The third kappa shape index (κ3) is 2.05. The van der Waals surface area contributed by atoms with E-state index >= 15 is 0 Å². The Balaban J connectivity index is 1.52. The van der Waals surface area contributed by atoms with Crippen molar-refractivity contribution in [2.24, 2.45) is 9.98 Å². The first-order valence-corrected chi connectivity index (χ1v) is 8.36. The second-order valence-corrected chi connectivity index (χ2v) is 6.21. The standard InChI is InChI=1S/C21H17N3/c1-5-11-19-15(7-1)16-8-2-6-12-20(16)24(19)14-13-21-22-17-9-3-4-10-18(17)23-21/h1-12,17H,13-14H2. The Morgan fingerprint density at radius 1 is 0.875 bits per heavy atom. The highest BCUT2D eigenvalue weighted by molar-refractivity contribution is 6.13. The topological polar surface area (TPSA) is 29.6 Å². The van der Waals surface area contributed by atoms with Crippen LogP contribution >= 0.6 is 0 Å². The van der Waals surface area contributed by atoms with Gasteiger partial charge in [-0.25, -0.2) is 4.99 Å². The van der Waals surface area contributed by atoms with E-state index in [0.717, 1.165) is 24.5 Å². The minimum Gasteiger partial charge on any atom is -0.340 e. The molecule has 0 amide bonds. The van der Waals surface area contributed by atoms with Crippen molar-refractivity contribution in [2.75, 3.05) is 0 Å². The summed E-state index contributed by atoms with van der Waals surface area (Å²) in [6.07, 6.45) is 9.09. The second-order valence-electron chi connectivity index (χ2n) is 6.21. The molecular weight excluding hydrogens is 294 g/mol. The molecule has 2 aliphatic rings. The zero-order valence-corrected chi connectivity index (χ0v) is 13.3. The van der Waals surface area contributed by atoms with Gasteiger partial charge in [-0.15, -0.1) is 0 Å². The predicted molar refractivity (Wildman–Crippen MR) is 101 cm³/mol. The molecule has 0 N–H and O–H groups in total. The average molecular weight is 311 g/mol. The van der Waals surface area contributed by atoms with Crippen LogP contribution in [0, 0.1) is 0 Å². The summed E-state index contributed by atoms with van der Waals surface area (Å²) in [6.45, 7) is 0.893. The number of nitrogens with zero attached hydrogens (tertiary/aromatic N) is 3. The fourth-order valence-corrected chi connectivity index (χ4v) is 3.65. The van der Waals surface area contributed by atoms with Crippen molar-refractivity contribution in [3.63, 3.8) is 0 Å². The molecule has 0 fully saturated rings. The summed E-state index contributed by atoms with van der Waals surface area (Å²) < 4.78 is 2.39. The highest BCUT2D eigenvalue weighted by Gasteiger charge is 2.19. The van der Waals surface area contributed by atoms with Crippen LogP contribution in [0.25, 0.3) is 21.8 Å². The normalized spacial score (nSPS) is 18.9. The average Bonchev–Trinajstić information content (AvgIpc) is 3.19. The van der Waals surface area contributed by atoms with Crippen LogP contribution in [0.2, 0.25) is 0 Å². The molecule has 0 radical (unpaired) electrons. The Bertz CT molecular complexity index is 1010. The van der Waals surface area contributed by atoms with Crippen LogP contribution < -0.4 is 0 Å². The number of aliphatic imine (C=N–C) groups is 2. The maximum absolute atomic E-state index is 4.73. The second kappa shape index (κ2) is 5.31. The van der Waals surface area contributed by atoms with Crippen LogP contribution in [0.5, 0.6) is 0 Å². The van der Waals surface area contributed by atoms with Gasteiger partial charge in [0.25, 0.3) is 0 Å². The fraction of sp³-hybridized carbons (Fsp3) is 0.143. The first kappa shape index (κ1) is 13.5. The molecule has 0 saturated heterocycles. The van der Waals surface area contributed by atoms with E-state index in [-0.39, 0.29) is 6.04 Å². The summed E-state index contributed by atoms with van der Waals surface area (Å²) in [6, 6.07) is 17.3. The lowest BCUT2D eigenvalue weighted by Gasteiger charge is -2.06. The van der Waals surface area contributed by atoms with E-state index in [1.165, 1.54) is 21.8 Å². The Kier molecular flexibility index (Phi) is 2.98. The van der Waals surface area contributed by atoms with Crippen LogP contribution in [0.3, 0.4) is 0 Å². The number of aryl methyl sites for hydroxylation is 1. The fourth-order valence-electron chi connectivity index (χ4n) is 3.65. The van der Waals surface area contributed by atoms with Gasteiger partial charge in [-0.05, 0) is 18.2 Å². The van der Waals surface area contributed by atoms with Gasteiger partial charge in [-0.3, -0.25) is 4.99 Å². The molecule has 1 unspecified atom stereocenters. The zero-order valence-electron chi connectivity index (χ0n) is 13.3. The first-order valence-electron chi connectivity index (χ1n) is 8.36. The minimum absolute atomic E-state index is 0.128. The molecule has 0 bridgehead atoms. The molecule has 1 atom stereocenters. The lowest BCUT2D eigenvalue weighted by Crippen LogP contribution is -2.11. The number of hydrogen-bond acceptors (Lipinski definition) is 2. The summed E-state index contributed by atoms with van der Waals surface area (Å²) in [5.74, 6) is 0.952. The maximum atomic E-state index is 4.73. The van der Waals surface area contributed by atoms with Crippen LogP contribution in [-0.2, 0) is 6.54 Å². The van der Waals surface area contributed by atoms with Crippen molar-refractivity contribution in [3.8, 4) is 0 Å². The monoisotopic (exact) mass is 311 g/mol. The minimum atomic E-state index is 0.128. The number of amidine groups is 1. The van der Waals surface area contributed by atoms with Crippen LogP contribution in [0.4, 0.5) is 0 Å². The zero-order chi connectivity index (χ0) is 15.9. The Morgan fingerprint density at radius 2 is 1.58 bits per heavy atom. The Morgan fingerprint density at radius 3 is 2.29 bits per heavy atom. The molecule has 2 aromatic carbocycles. The SMILES string of the molecule is C1=CC2=NC(CCn3c4ccccc4c4ccccc43)=NC2C=C1. The van der Waals surface area contributed by atoms with Gasteiger partial charge in [0.05, 0.1) is 5.71 Å². The largest absolute Gasteiger partial charge is 0.340 e. The lowest BCUT2D eigenvalue weighted by atomic mass is 10.1. The van der Waals surface area contributed by atoms with E-state index in [1.54, 1.807) is 0 Å². The summed E-state index contributed by atoms with van der Waals surface area (Å²) >= 11 is 0. The van der Waals surface area contributed by atoms with Gasteiger partial charge in [0, 0.05) is 34.8 Å². The van der Waals surface area contributed by atoms with Crippen molar-refractivity contribution in [3.05, 3.63) is 72.8 Å². The first-order chi connectivity index (χ1) is 11.9. The number of para-hydroxylation sites is 2. The molecule has 1 aliphatic heterocycles. The number of rotatable bonds is 3. The van der Waals surface area contributed by atoms with Crippen LogP contribution in [0.15, 0.2) is 82.8 Å². The van der Waals surface area contributed by atoms with Crippen molar-refractivity contribution >= 4 is 33.4 Å². The third-order valence-corrected chi connectivity index (χ3v) is 4.76. The Hall–Kier alpha value is -2.94. The smallest absolute Gasteiger partial charge is 0.126 e. The van der Waals surface area contributed by atoms with Gasteiger partial charge >= 0.3 is 0 Å². The van der Waals surface area contributed by atoms with Crippen molar-refractivity contribution < 1.29 is 0 Å². The lowest BCUT2D eigenvalue weighted by molar-refractivity contribution is 0.777. The molecule has 5 rings (SSSR count). The van der Waals surface area contributed by atoms with E-state index in [4.69, 9.17) is 4.99 Å². The van der Waals surface area contributed by atoms with Gasteiger partial charge in [0.1, 0.15) is 11.9 Å². The number of hydrogen-bond donors (Lipinski definition) is 0. The maximum Gasteiger partial charge on any atom is 0.126 e. The van der Waals surface area contributed by atoms with Gasteiger partial charge in [0.2, 0.25) is 0 Å². The molecular formula is C21H17N3. The molecule has 0 spiro atoms. The van der Waals surface area contributed by atoms with Crippen molar-refractivity contribution in [1.29, 1.82) is 0 Å². The molecule has 3 heteroatoms. The van der Waals surface area contributed by atoms with E-state index in [0.29, 0.717) is 0 Å². The van der Waals surface area contributed by atoms with E-state index < -0.39 is 0 Å². The van der Waals surface area contributed by atoms with Gasteiger partial charge < -0.3 is 4.57 Å². The summed E-state index contributed by atoms with van der Waals surface area (Å²) in [4.78, 5) is 9.42. The quantitative estimate of drug-likeness (QED) is 0.680. The molecule has 24 heavy (non-hydrogen) atoms. The third-order valence-electron chi connectivity index (χ3n) is 4.76. The van der Waals surface area contributed by atoms with E-state index in [9.17, 15) is 0 Å². The molecule has 3 aromatic rings. The highest BCUT2D eigenvalue weighted by atomic mass is 15.0. The summed E-state index contributed by atoms with van der Waals surface area (Å²) in [5, 5.41) is 2.62. The van der Waals surface area contributed by atoms with E-state index in [2.05, 4.69) is 70.2 Å². The molecule has 2 heterocycles. The van der Waals surface area contributed by atoms with E-state index in [1.807, 2.05) is 12.2 Å². The summed E-state index contributed by atoms with van der Waals surface area (Å²) in [7, 11) is 0. The molecule has 116 valence electrons. The molecule has 1 aliphatic carbocycles. The highest BCUT2D eigenvalue weighted by Crippen LogP contribution is 2.29. The van der Waals surface area contributed by atoms with Gasteiger partial charge in [0.15, 0.2) is 0 Å². The number of benzene rings is 2. The molecule has 3 nitrogen and oxygen atoms in total. The van der Waals surface area contributed by atoms with Crippen LogP contribution in [0.1, 0.15) is 6.42 Å². The van der Waals surface area contributed by atoms with Crippen molar-refractivity contribution in [1.82, 2.24) is 4.57 Å². The number of fused-ring (bicyclic) bond motifs is 4. The number of allylic oxidation sites excluding steroid dienone is 2.